The number of nitrogens with two attached hydrogens (primary N) is 1. The van der Waals surface area contributed by atoms with Crippen molar-refractivity contribution in [2.24, 2.45) is 0 Å². The van der Waals surface area contributed by atoms with Crippen LogP contribution < -0.4 is 11.3 Å². The van der Waals surface area contributed by atoms with Gasteiger partial charge in [0, 0.05) is 11.1 Å². The van der Waals surface area contributed by atoms with E-state index in [-0.39, 0.29) is 5.56 Å². The Morgan fingerprint density at radius 2 is 1.85 bits per heavy atom. The van der Waals surface area contributed by atoms with Crippen LogP contribution in [0.5, 0.6) is 0 Å². The minimum Gasteiger partial charge on any atom is -0.382 e. The fraction of sp³-hybridized carbons (Fsp3) is 0. The van der Waals surface area contributed by atoms with E-state index in [1.807, 2.05) is 12.1 Å². The number of benzene rings is 1. The first kappa shape index (κ1) is 12.5. The third kappa shape index (κ3) is 2.19. The van der Waals surface area contributed by atoms with E-state index >= 15 is 0 Å². The molecule has 0 radical (unpaired) electrons. The van der Waals surface area contributed by atoms with Crippen molar-refractivity contribution in [3.63, 3.8) is 0 Å². The van der Waals surface area contributed by atoms with Crippen LogP contribution in [-0.4, -0.2) is 15.2 Å². The molecule has 0 aliphatic rings. The van der Waals surface area contributed by atoms with E-state index in [9.17, 15) is 4.79 Å². The van der Waals surface area contributed by atoms with E-state index in [0.717, 1.165) is 11.1 Å². The second-order valence-corrected chi connectivity index (χ2v) is 4.73. The maximum Gasteiger partial charge on any atom is 0.248 e. The lowest BCUT2D eigenvalue weighted by atomic mass is 10.0. The van der Waals surface area contributed by atoms with E-state index in [2.05, 4.69) is 15.2 Å². The number of halogens is 1. The Bertz CT molecular complexity index is 805. The highest BCUT2D eigenvalue weighted by Gasteiger charge is 2.15. The molecule has 2 heterocycles. The maximum absolute atomic E-state index is 11.4. The van der Waals surface area contributed by atoms with E-state index < -0.39 is 0 Å². The summed E-state index contributed by atoms with van der Waals surface area (Å²) in [5, 5.41) is 7.52. The second kappa shape index (κ2) is 4.86. The zero-order valence-electron chi connectivity index (χ0n) is 10.4. The number of hydrogen-bond acceptors (Lipinski definition) is 3. The Hall–Kier alpha value is -2.53. The van der Waals surface area contributed by atoms with Crippen molar-refractivity contribution in [2.45, 2.75) is 0 Å². The molecule has 0 bridgehead atoms. The molecular weight excluding hydrogens is 276 g/mol. The summed E-state index contributed by atoms with van der Waals surface area (Å²) >= 11 is 5.89. The zero-order valence-corrected chi connectivity index (χ0v) is 11.1. The van der Waals surface area contributed by atoms with Crippen molar-refractivity contribution >= 4 is 17.4 Å². The average molecular weight is 287 g/mol. The van der Waals surface area contributed by atoms with Gasteiger partial charge in [0.2, 0.25) is 5.56 Å². The summed E-state index contributed by atoms with van der Waals surface area (Å²) in [5.41, 5.74) is 8.65. The smallest absolute Gasteiger partial charge is 0.248 e. The summed E-state index contributed by atoms with van der Waals surface area (Å²) in [5.74, 6) is 0.368. The molecule has 0 aliphatic carbocycles. The summed E-state index contributed by atoms with van der Waals surface area (Å²) in [7, 11) is 0. The van der Waals surface area contributed by atoms with Gasteiger partial charge >= 0.3 is 0 Å². The van der Waals surface area contributed by atoms with Gasteiger partial charge in [-0.1, -0.05) is 29.8 Å². The van der Waals surface area contributed by atoms with Gasteiger partial charge in [-0.2, -0.15) is 5.10 Å². The van der Waals surface area contributed by atoms with Crippen molar-refractivity contribution in [3.8, 4) is 22.5 Å². The van der Waals surface area contributed by atoms with Gasteiger partial charge in [-0.25, -0.2) is 0 Å². The average Bonchev–Trinajstić information content (AvgIpc) is 2.82. The molecule has 0 aliphatic heterocycles. The summed E-state index contributed by atoms with van der Waals surface area (Å²) in [6, 6.07) is 12.2. The van der Waals surface area contributed by atoms with Crippen LogP contribution in [0.4, 0.5) is 5.82 Å². The number of anilines is 1. The first-order chi connectivity index (χ1) is 9.65. The van der Waals surface area contributed by atoms with Gasteiger partial charge < -0.3 is 10.7 Å². The lowest BCUT2D eigenvalue weighted by Gasteiger charge is -2.04. The largest absolute Gasteiger partial charge is 0.382 e. The van der Waals surface area contributed by atoms with Crippen LogP contribution in [0.25, 0.3) is 22.5 Å². The van der Waals surface area contributed by atoms with E-state index in [1.165, 1.54) is 6.07 Å². The third-order valence-corrected chi connectivity index (χ3v) is 3.22. The number of nitrogen functional groups attached to an aromatic ring is 1. The third-order valence-electron chi connectivity index (χ3n) is 2.96. The molecule has 4 N–H and O–H groups in total. The van der Waals surface area contributed by atoms with Crippen LogP contribution in [0.2, 0.25) is 5.02 Å². The highest BCUT2D eigenvalue weighted by Crippen LogP contribution is 2.33. The predicted octanol–water partition coefficient (Wildman–Crippen LogP) is 2.67. The molecule has 100 valence electrons. The molecule has 0 unspecified atom stereocenters. The molecular formula is C14H11ClN4O. The van der Waals surface area contributed by atoms with Crippen LogP contribution in [0.15, 0.2) is 47.3 Å². The summed E-state index contributed by atoms with van der Waals surface area (Å²) in [6.07, 6.45) is 0. The van der Waals surface area contributed by atoms with E-state index in [0.29, 0.717) is 22.2 Å². The SMILES string of the molecule is Nc1n[nH]c(-c2cccc(=O)[nH]2)c1-c1ccc(Cl)cc1. The van der Waals surface area contributed by atoms with Crippen LogP contribution in [-0.2, 0) is 0 Å². The van der Waals surface area contributed by atoms with Gasteiger partial charge in [0.1, 0.15) is 0 Å². The summed E-state index contributed by atoms with van der Waals surface area (Å²) in [4.78, 5) is 14.2. The number of H-pyrrole nitrogens is 2. The Morgan fingerprint density at radius 3 is 2.55 bits per heavy atom. The topological polar surface area (TPSA) is 87.6 Å². The minimum atomic E-state index is -0.183. The lowest BCUT2D eigenvalue weighted by molar-refractivity contribution is 1.09. The first-order valence-electron chi connectivity index (χ1n) is 5.94. The number of nitrogens with one attached hydrogen (secondary N) is 2. The Labute approximate surface area is 119 Å². The molecule has 5 nitrogen and oxygen atoms in total. The molecule has 3 rings (SSSR count). The van der Waals surface area contributed by atoms with Crippen LogP contribution in [0.1, 0.15) is 0 Å². The van der Waals surface area contributed by atoms with Crippen LogP contribution in [0, 0.1) is 0 Å². The van der Waals surface area contributed by atoms with Gasteiger partial charge in [0.05, 0.1) is 17.0 Å². The van der Waals surface area contributed by atoms with Gasteiger partial charge in [0.25, 0.3) is 0 Å². The number of hydrogen-bond donors (Lipinski definition) is 3. The van der Waals surface area contributed by atoms with E-state index in [4.69, 9.17) is 17.3 Å². The molecule has 2 aromatic heterocycles. The minimum absolute atomic E-state index is 0.183. The molecule has 0 atom stereocenters. The molecule has 0 fully saturated rings. The normalized spacial score (nSPS) is 10.7. The molecule has 20 heavy (non-hydrogen) atoms. The molecule has 0 saturated carbocycles. The first-order valence-corrected chi connectivity index (χ1v) is 6.32. The summed E-state index contributed by atoms with van der Waals surface area (Å²) in [6.45, 7) is 0. The van der Waals surface area contributed by atoms with Gasteiger partial charge in [-0.15, -0.1) is 0 Å². The number of rotatable bonds is 2. The zero-order chi connectivity index (χ0) is 14.1. The van der Waals surface area contributed by atoms with Gasteiger partial charge in [-0.05, 0) is 23.8 Å². The van der Waals surface area contributed by atoms with Gasteiger partial charge in [-0.3, -0.25) is 9.89 Å². The van der Waals surface area contributed by atoms with Crippen molar-refractivity contribution in [2.75, 3.05) is 5.73 Å². The van der Waals surface area contributed by atoms with Crippen molar-refractivity contribution in [1.82, 2.24) is 15.2 Å². The molecule has 1 aromatic carbocycles. The highest BCUT2D eigenvalue weighted by atomic mass is 35.5. The van der Waals surface area contributed by atoms with Gasteiger partial charge in [0.15, 0.2) is 5.82 Å². The van der Waals surface area contributed by atoms with Crippen molar-refractivity contribution < 1.29 is 0 Å². The fourth-order valence-electron chi connectivity index (χ4n) is 2.05. The highest BCUT2D eigenvalue weighted by molar-refractivity contribution is 6.30. The lowest BCUT2D eigenvalue weighted by Crippen LogP contribution is -2.04. The van der Waals surface area contributed by atoms with Crippen molar-refractivity contribution in [1.29, 1.82) is 0 Å². The molecule has 0 amide bonds. The quantitative estimate of drug-likeness (QED) is 0.677. The number of pyridine rings is 1. The van der Waals surface area contributed by atoms with E-state index in [1.54, 1.807) is 24.3 Å². The molecule has 0 saturated heterocycles. The molecule has 0 spiro atoms. The fourth-order valence-corrected chi connectivity index (χ4v) is 2.18. The molecule has 6 heteroatoms. The number of nitrogens with zero attached hydrogens (tertiary/aromatic N) is 1. The number of aromatic amines is 2. The summed E-state index contributed by atoms with van der Waals surface area (Å²) < 4.78 is 0. The van der Waals surface area contributed by atoms with Crippen molar-refractivity contribution in [3.05, 3.63) is 57.8 Å². The molecule has 3 aromatic rings. The monoisotopic (exact) mass is 286 g/mol. The predicted molar refractivity (Wildman–Crippen MR) is 79.5 cm³/mol. The maximum atomic E-state index is 11.4. The van der Waals surface area contributed by atoms with Crippen LogP contribution >= 0.6 is 11.6 Å². The standard InChI is InChI=1S/C14H11ClN4O/c15-9-6-4-8(5-7-9)12-13(18-19-14(12)16)10-2-1-3-11(20)17-10/h1-7H,(H,17,20)(H3,16,18,19). The Balaban J connectivity index is 2.19. The number of aromatic nitrogens is 3. The van der Waals surface area contributed by atoms with Crippen LogP contribution in [0.3, 0.4) is 0 Å². The Kier molecular flexibility index (Phi) is 3.04. The Morgan fingerprint density at radius 1 is 1.10 bits per heavy atom. The second-order valence-electron chi connectivity index (χ2n) is 4.29.